The number of hydrogen-bond donors (Lipinski definition) is 0. The molecule has 1 unspecified atom stereocenters. The maximum absolute atomic E-state index is 5.10. The molecule has 0 radical (unpaired) electrons. The van der Waals surface area contributed by atoms with Crippen LogP contribution in [0.15, 0.2) is 0 Å². The van der Waals surface area contributed by atoms with E-state index in [2.05, 4.69) is 6.92 Å². The standard InChI is InChI=1S/C12H24O/c1-11(8-9-13-2)10-12-6-4-3-5-7-12/h11-12H,3-10H2,1-2H3. The zero-order chi connectivity index (χ0) is 9.52. The van der Waals surface area contributed by atoms with Crippen LogP contribution in [0.1, 0.15) is 51.9 Å². The number of ether oxygens (including phenoxy) is 1. The molecule has 78 valence electrons. The van der Waals surface area contributed by atoms with Gasteiger partial charge in [-0.15, -0.1) is 0 Å². The van der Waals surface area contributed by atoms with Crippen molar-refractivity contribution in [2.24, 2.45) is 11.8 Å². The van der Waals surface area contributed by atoms with E-state index >= 15 is 0 Å². The topological polar surface area (TPSA) is 9.23 Å². The molecule has 13 heavy (non-hydrogen) atoms. The summed E-state index contributed by atoms with van der Waals surface area (Å²) in [7, 11) is 1.80. The second kappa shape index (κ2) is 6.42. The number of rotatable bonds is 5. The highest BCUT2D eigenvalue weighted by Gasteiger charge is 2.15. The third kappa shape index (κ3) is 4.66. The molecule has 0 bridgehead atoms. The van der Waals surface area contributed by atoms with Gasteiger partial charge in [0.1, 0.15) is 0 Å². The Morgan fingerprint density at radius 3 is 2.54 bits per heavy atom. The Balaban J connectivity index is 2.07. The molecule has 1 rings (SSSR count). The minimum Gasteiger partial charge on any atom is -0.385 e. The predicted octanol–water partition coefficient (Wildman–Crippen LogP) is 3.63. The summed E-state index contributed by atoms with van der Waals surface area (Å²) >= 11 is 0. The van der Waals surface area contributed by atoms with Crippen LogP contribution in [0.25, 0.3) is 0 Å². The number of methoxy groups -OCH3 is 1. The second-order valence-electron chi connectivity index (χ2n) is 4.63. The maximum atomic E-state index is 5.10. The third-order valence-electron chi connectivity index (χ3n) is 3.28. The van der Waals surface area contributed by atoms with Crippen molar-refractivity contribution in [3.8, 4) is 0 Å². The molecule has 1 saturated carbocycles. The molecule has 1 aliphatic carbocycles. The van der Waals surface area contributed by atoms with Crippen LogP contribution in [0, 0.1) is 11.8 Å². The molecule has 0 saturated heterocycles. The first-order chi connectivity index (χ1) is 6.33. The molecule has 0 spiro atoms. The van der Waals surface area contributed by atoms with Crippen molar-refractivity contribution in [1.82, 2.24) is 0 Å². The van der Waals surface area contributed by atoms with Crippen LogP contribution in [0.3, 0.4) is 0 Å². The van der Waals surface area contributed by atoms with Gasteiger partial charge < -0.3 is 4.74 Å². The molecule has 1 fully saturated rings. The lowest BCUT2D eigenvalue weighted by atomic mass is 9.82. The average Bonchev–Trinajstić information content (AvgIpc) is 2.16. The van der Waals surface area contributed by atoms with E-state index in [1.54, 1.807) is 7.11 Å². The quantitative estimate of drug-likeness (QED) is 0.634. The van der Waals surface area contributed by atoms with E-state index < -0.39 is 0 Å². The van der Waals surface area contributed by atoms with Crippen molar-refractivity contribution >= 4 is 0 Å². The van der Waals surface area contributed by atoms with Gasteiger partial charge >= 0.3 is 0 Å². The van der Waals surface area contributed by atoms with Crippen LogP contribution in [0.4, 0.5) is 0 Å². The molecular weight excluding hydrogens is 160 g/mol. The highest BCUT2D eigenvalue weighted by atomic mass is 16.5. The van der Waals surface area contributed by atoms with Crippen molar-refractivity contribution in [3.63, 3.8) is 0 Å². The van der Waals surface area contributed by atoms with Gasteiger partial charge in [-0.1, -0.05) is 39.0 Å². The van der Waals surface area contributed by atoms with Crippen LogP contribution < -0.4 is 0 Å². The van der Waals surface area contributed by atoms with E-state index in [1.165, 1.54) is 44.9 Å². The molecule has 1 heteroatoms. The van der Waals surface area contributed by atoms with E-state index in [4.69, 9.17) is 4.74 Å². The predicted molar refractivity (Wildman–Crippen MR) is 56.8 cm³/mol. The van der Waals surface area contributed by atoms with E-state index in [0.29, 0.717) is 0 Å². The van der Waals surface area contributed by atoms with Crippen LogP contribution in [0.2, 0.25) is 0 Å². The molecule has 1 nitrogen and oxygen atoms in total. The summed E-state index contributed by atoms with van der Waals surface area (Å²) in [5.74, 6) is 1.89. The first kappa shape index (κ1) is 11.0. The SMILES string of the molecule is COCCC(C)CC1CCCCC1. The lowest BCUT2D eigenvalue weighted by Crippen LogP contribution is -2.11. The Labute approximate surface area is 82.9 Å². The van der Waals surface area contributed by atoms with Crippen molar-refractivity contribution in [3.05, 3.63) is 0 Å². The summed E-state index contributed by atoms with van der Waals surface area (Å²) in [5.41, 5.74) is 0. The summed E-state index contributed by atoms with van der Waals surface area (Å²) < 4.78 is 5.10. The molecule has 0 aromatic rings. The Kier molecular flexibility index (Phi) is 5.45. The summed E-state index contributed by atoms with van der Waals surface area (Å²) in [6.07, 6.45) is 10.1. The van der Waals surface area contributed by atoms with Crippen molar-refractivity contribution in [2.75, 3.05) is 13.7 Å². The summed E-state index contributed by atoms with van der Waals surface area (Å²) in [6.45, 7) is 3.31. The van der Waals surface area contributed by atoms with Gasteiger partial charge in [0.25, 0.3) is 0 Å². The van der Waals surface area contributed by atoms with Gasteiger partial charge in [-0.05, 0) is 24.7 Å². The van der Waals surface area contributed by atoms with Gasteiger partial charge in [0.2, 0.25) is 0 Å². The second-order valence-corrected chi connectivity index (χ2v) is 4.63. The molecule has 0 aromatic heterocycles. The first-order valence-electron chi connectivity index (χ1n) is 5.82. The molecule has 1 aliphatic rings. The normalized spacial score (nSPS) is 21.7. The van der Waals surface area contributed by atoms with E-state index in [1.807, 2.05) is 0 Å². The summed E-state index contributed by atoms with van der Waals surface area (Å²) in [6, 6.07) is 0. The van der Waals surface area contributed by atoms with Crippen molar-refractivity contribution in [1.29, 1.82) is 0 Å². The van der Waals surface area contributed by atoms with Gasteiger partial charge in [-0.2, -0.15) is 0 Å². The van der Waals surface area contributed by atoms with E-state index in [0.717, 1.165) is 18.4 Å². The molecule has 0 heterocycles. The maximum Gasteiger partial charge on any atom is 0.0464 e. The van der Waals surface area contributed by atoms with Crippen molar-refractivity contribution < 1.29 is 4.74 Å². The molecule has 1 atom stereocenters. The summed E-state index contributed by atoms with van der Waals surface area (Å²) in [4.78, 5) is 0. The third-order valence-corrected chi connectivity index (χ3v) is 3.28. The molecular formula is C12H24O. The fourth-order valence-corrected chi connectivity index (χ4v) is 2.43. The van der Waals surface area contributed by atoms with Gasteiger partial charge in [0.15, 0.2) is 0 Å². The Bertz CT molecular complexity index is 116. The monoisotopic (exact) mass is 184 g/mol. The Morgan fingerprint density at radius 2 is 1.92 bits per heavy atom. The Morgan fingerprint density at radius 1 is 1.23 bits per heavy atom. The molecule has 0 aromatic carbocycles. The van der Waals surface area contributed by atoms with Crippen LogP contribution in [-0.4, -0.2) is 13.7 Å². The summed E-state index contributed by atoms with van der Waals surface area (Å²) in [5, 5.41) is 0. The minimum absolute atomic E-state index is 0.864. The highest BCUT2D eigenvalue weighted by molar-refractivity contribution is 4.68. The zero-order valence-corrected chi connectivity index (χ0v) is 9.22. The van der Waals surface area contributed by atoms with Crippen molar-refractivity contribution in [2.45, 2.75) is 51.9 Å². The largest absolute Gasteiger partial charge is 0.385 e. The van der Waals surface area contributed by atoms with Gasteiger partial charge in [-0.25, -0.2) is 0 Å². The fraction of sp³-hybridized carbons (Fsp3) is 1.00. The highest BCUT2D eigenvalue weighted by Crippen LogP contribution is 2.29. The zero-order valence-electron chi connectivity index (χ0n) is 9.22. The molecule has 0 amide bonds. The van der Waals surface area contributed by atoms with Crippen LogP contribution in [-0.2, 0) is 4.74 Å². The minimum atomic E-state index is 0.864. The lowest BCUT2D eigenvalue weighted by Gasteiger charge is -2.24. The van der Waals surface area contributed by atoms with Gasteiger partial charge in [-0.3, -0.25) is 0 Å². The fourth-order valence-electron chi connectivity index (χ4n) is 2.43. The van der Waals surface area contributed by atoms with Gasteiger partial charge in [0, 0.05) is 13.7 Å². The lowest BCUT2D eigenvalue weighted by molar-refractivity contribution is 0.169. The smallest absolute Gasteiger partial charge is 0.0464 e. The van der Waals surface area contributed by atoms with E-state index in [-0.39, 0.29) is 0 Å². The molecule has 0 aliphatic heterocycles. The van der Waals surface area contributed by atoms with Crippen LogP contribution in [0.5, 0.6) is 0 Å². The first-order valence-corrected chi connectivity index (χ1v) is 5.82. The van der Waals surface area contributed by atoms with Gasteiger partial charge in [0.05, 0.1) is 0 Å². The molecule has 0 N–H and O–H groups in total. The van der Waals surface area contributed by atoms with E-state index in [9.17, 15) is 0 Å². The average molecular weight is 184 g/mol. The number of hydrogen-bond acceptors (Lipinski definition) is 1. The Hall–Kier alpha value is -0.0400. The van der Waals surface area contributed by atoms with Crippen LogP contribution >= 0.6 is 0 Å².